The molecule has 0 aliphatic heterocycles. The summed E-state index contributed by atoms with van der Waals surface area (Å²) in [6, 6.07) is 5.29. The van der Waals surface area contributed by atoms with Gasteiger partial charge >= 0.3 is 0 Å². The first-order valence-corrected chi connectivity index (χ1v) is 6.25. The summed E-state index contributed by atoms with van der Waals surface area (Å²) in [6.07, 6.45) is 1.15. The van der Waals surface area contributed by atoms with Crippen molar-refractivity contribution in [2.75, 3.05) is 13.2 Å². The molecular formula is C14H18F2N2O. The fourth-order valence-corrected chi connectivity index (χ4v) is 1.77. The minimum Gasteiger partial charge on any atom is -0.490 e. The summed E-state index contributed by atoms with van der Waals surface area (Å²) in [5.41, 5.74) is -0.613. The summed E-state index contributed by atoms with van der Waals surface area (Å²) in [7, 11) is 0. The first-order valence-electron chi connectivity index (χ1n) is 6.25. The molecule has 0 heterocycles. The maximum atomic E-state index is 13.3. The van der Waals surface area contributed by atoms with Crippen molar-refractivity contribution in [1.29, 1.82) is 5.26 Å². The van der Waals surface area contributed by atoms with Crippen LogP contribution in [0, 0.1) is 23.0 Å². The van der Waals surface area contributed by atoms with Crippen LogP contribution in [0.25, 0.3) is 0 Å². The van der Waals surface area contributed by atoms with Crippen LogP contribution in [-0.2, 0) is 0 Å². The Bertz CT molecular complexity index is 459. The van der Waals surface area contributed by atoms with Crippen LogP contribution in [0.3, 0.4) is 0 Å². The molecule has 3 nitrogen and oxygen atoms in total. The zero-order valence-electron chi connectivity index (χ0n) is 11.2. The second-order valence-corrected chi connectivity index (χ2v) is 4.50. The zero-order valence-corrected chi connectivity index (χ0v) is 11.2. The number of ether oxygens (including phenoxy) is 1. The van der Waals surface area contributed by atoms with Crippen molar-refractivity contribution >= 4 is 0 Å². The summed E-state index contributed by atoms with van der Waals surface area (Å²) in [4.78, 5) is 0. The van der Waals surface area contributed by atoms with Crippen molar-refractivity contribution in [2.24, 2.45) is 0 Å². The molecule has 0 spiro atoms. The van der Waals surface area contributed by atoms with Gasteiger partial charge in [0.2, 0.25) is 0 Å². The normalized spacial score (nSPS) is 13.6. The lowest BCUT2D eigenvalue weighted by molar-refractivity contribution is 0.273. The molecule has 1 unspecified atom stereocenters. The van der Waals surface area contributed by atoms with Crippen molar-refractivity contribution in [3.05, 3.63) is 29.8 Å². The number of nitrogens with zero attached hydrogens (tertiary/aromatic N) is 1. The van der Waals surface area contributed by atoms with Crippen LogP contribution in [0.5, 0.6) is 5.75 Å². The number of nitriles is 1. The van der Waals surface area contributed by atoms with Gasteiger partial charge in [-0.3, -0.25) is 5.32 Å². The summed E-state index contributed by atoms with van der Waals surface area (Å²) in [5, 5.41) is 12.1. The average Bonchev–Trinajstić information content (AvgIpc) is 2.39. The van der Waals surface area contributed by atoms with E-state index in [0.29, 0.717) is 19.4 Å². The molecule has 19 heavy (non-hydrogen) atoms. The lowest BCUT2D eigenvalue weighted by Gasteiger charge is -2.22. The van der Waals surface area contributed by atoms with Crippen LogP contribution in [0.1, 0.15) is 26.7 Å². The van der Waals surface area contributed by atoms with E-state index in [1.807, 2.05) is 6.92 Å². The Balaban J connectivity index is 2.43. The average molecular weight is 268 g/mol. The maximum Gasteiger partial charge on any atom is 0.165 e. The molecule has 1 rings (SSSR count). The minimum absolute atomic E-state index is 0.0953. The molecular weight excluding hydrogens is 250 g/mol. The number of benzene rings is 1. The van der Waals surface area contributed by atoms with Crippen LogP contribution in [-0.4, -0.2) is 18.7 Å². The molecule has 0 aliphatic rings. The lowest BCUT2D eigenvalue weighted by atomic mass is 9.98. The molecule has 0 saturated heterocycles. The predicted molar refractivity (Wildman–Crippen MR) is 68.8 cm³/mol. The van der Waals surface area contributed by atoms with Crippen molar-refractivity contribution < 1.29 is 13.5 Å². The van der Waals surface area contributed by atoms with Crippen LogP contribution in [0.2, 0.25) is 0 Å². The number of nitrogens with one attached hydrogen (secondary N) is 1. The van der Waals surface area contributed by atoms with Gasteiger partial charge in [0.25, 0.3) is 0 Å². The third-order valence-corrected chi connectivity index (χ3v) is 2.79. The fraction of sp³-hybridized carbons (Fsp3) is 0.500. The molecule has 0 amide bonds. The first-order chi connectivity index (χ1) is 9.00. The summed E-state index contributed by atoms with van der Waals surface area (Å²) >= 11 is 0. The molecule has 1 aromatic carbocycles. The van der Waals surface area contributed by atoms with Crippen LogP contribution in [0.15, 0.2) is 18.2 Å². The van der Waals surface area contributed by atoms with Gasteiger partial charge in [0.1, 0.15) is 11.4 Å². The Morgan fingerprint density at radius 1 is 1.42 bits per heavy atom. The highest BCUT2D eigenvalue weighted by molar-refractivity contribution is 5.24. The van der Waals surface area contributed by atoms with Crippen molar-refractivity contribution in [2.45, 2.75) is 32.2 Å². The first kappa shape index (κ1) is 15.4. The van der Waals surface area contributed by atoms with E-state index in [4.69, 9.17) is 10.00 Å². The number of rotatable bonds is 7. The van der Waals surface area contributed by atoms with Gasteiger partial charge in [-0.25, -0.2) is 8.78 Å². The van der Waals surface area contributed by atoms with Gasteiger partial charge in [-0.05, 0) is 38.4 Å². The molecule has 0 radical (unpaired) electrons. The summed E-state index contributed by atoms with van der Waals surface area (Å²) < 4.78 is 31.3. The summed E-state index contributed by atoms with van der Waals surface area (Å²) in [6.45, 7) is 4.67. The van der Waals surface area contributed by atoms with Crippen LogP contribution >= 0.6 is 0 Å². The monoisotopic (exact) mass is 268 g/mol. The van der Waals surface area contributed by atoms with E-state index in [0.717, 1.165) is 18.2 Å². The van der Waals surface area contributed by atoms with E-state index in [1.54, 1.807) is 6.92 Å². The Morgan fingerprint density at radius 2 is 2.16 bits per heavy atom. The SMILES string of the molecule is CCNC(C)(C#N)CCCOc1cc(F)ccc1F. The van der Waals surface area contributed by atoms with E-state index in [9.17, 15) is 8.78 Å². The van der Waals surface area contributed by atoms with Gasteiger partial charge in [-0.15, -0.1) is 0 Å². The van der Waals surface area contributed by atoms with E-state index >= 15 is 0 Å². The fourth-order valence-electron chi connectivity index (χ4n) is 1.77. The minimum atomic E-state index is -0.613. The molecule has 0 fully saturated rings. The highest BCUT2D eigenvalue weighted by Crippen LogP contribution is 2.19. The molecule has 1 atom stereocenters. The van der Waals surface area contributed by atoms with Crippen molar-refractivity contribution in [3.8, 4) is 11.8 Å². The van der Waals surface area contributed by atoms with Gasteiger partial charge in [-0.1, -0.05) is 6.92 Å². The molecule has 0 saturated carbocycles. The second-order valence-electron chi connectivity index (χ2n) is 4.50. The Hall–Kier alpha value is -1.67. The van der Waals surface area contributed by atoms with Crippen LogP contribution < -0.4 is 10.1 Å². The quantitative estimate of drug-likeness (QED) is 0.773. The number of hydrogen-bond acceptors (Lipinski definition) is 3. The van der Waals surface area contributed by atoms with E-state index < -0.39 is 17.2 Å². The van der Waals surface area contributed by atoms with E-state index in [-0.39, 0.29) is 12.4 Å². The Kier molecular flexibility index (Phi) is 5.71. The molecule has 1 N–H and O–H groups in total. The third kappa shape index (κ3) is 4.84. The van der Waals surface area contributed by atoms with Gasteiger partial charge in [0.15, 0.2) is 11.6 Å². The van der Waals surface area contributed by atoms with Crippen molar-refractivity contribution in [3.63, 3.8) is 0 Å². The Morgan fingerprint density at radius 3 is 2.79 bits per heavy atom. The van der Waals surface area contributed by atoms with Gasteiger partial charge in [0, 0.05) is 6.07 Å². The molecule has 104 valence electrons. The predicted octanol–water partition coefficient (Wildman–Crippen LogP) is 3.02. The van der Waals surface area contributed by atoms with E-state index in [2.05, 4.69) is 11.4 Å². The van der Waals surface area contributed by atoms with Gasteiger partial charge < -0.3 is 4.74 Å². The standard InChI is InChI=1S/C14H18F2N2O/c1-3-18-14(2,10-17)7-4-8-19-13-9-11(15)5-6-12(13)16/h5-6,9,18H,3-4,7-8H2,1-2H3. The molecule has 1 aromatic rings. The van der Waals surface area contributed by atoms with Crippen LogP contribution in [0.4, 0.5) is 8.78 Å². The second kappa shape index (κ2) is 7.05. The smallest absolute Gasteiger partial charge is 0.165 e. The largest absolute Gasteiger partial charge is 0.490 e. The zero-order chi connectivity index (χ0) is 14.3. The highest BCUT2D eigenvalue weighted by Gasteiger charge is 2.21. The maximum absolute atomic E-state index is 13.3. The molecule has 0 aliphatic carbocycles. The lowest BCUT2D eigenvalue weighted by Crippen LogP contribution is -2.40. The number of halogens is 2. The number of hydrogen-bond donors (Lipinski definition) is 1. The molecule has 5 heteroatoms. The Labute approximate surface area is 112 Å². The van der Waals surface area contributed by atoms with E-state index in [1.165, 1.54) is 0 Å². The third-order valence-electron chi connectivity index (χ3n) is 2.79. The van der Waals surface area contributed by atoms with Crippen molar-refractivity contribution in [1.82, 2.24) is 5.32 Å². The molecule has 0 aromatic heterocycles. The highest BCUT2D eigenvalue weighted by atomic mass is 19.1. The van der Waals surface area contributed by atoms with Gasteiger partial charge in [0.05, 0.1) is 12.7 Å². The topological polar surface area (TPSA) is 45.0 Å². The summed E-state index contributed by atoms with van der Waals surface area (Å²) in [5.74, 6) is -1.22. The molecule has 0 bridgehead atoms. The van der Waals surface area contributed by atoms with Gasteiger partial charge in [-0.2, -0.15) is 5.26 Å².